The van der Waals surface area contributed by atoms with Crippen LogP contribution in [0.5, 0.6) is 0 Å². The van der Waals surface area contributed by atoms with Crippen LogP contribution in [0.15, 0.2) is 0 Å². The SMILES string of the molecule is CCCCO[SiH2]CCC(CN(CC)CCC)(CN(CC)CCC)CN(CC)CCC. The van der Waals surface area contributed by atoms with E-state index in [9.17, 15) is 0 Å². The summed E-state index contributed by atoms with van der Waals surface area (Å²) < 4.78 is 6.10. The van der Waals surface area contributed by atoms with Crippen LogP contribution in [0, 0.1) is 5.41 Å². The van der Waals surface area contributed by atoms with E-state index in [4.69, 9.17) is 4.43 Å². The van der Waals surface area contributed by atoms with Crippen molar-refractivity contribution in [3.63, 3.8) is 0 Å². The molecule has 0 saturated carbocycles. The molecule has 5 heteroatoms. The van der Waals surface area contributed by atoms with E-state index in [2.05, 4.69) is 63.2 Å². The quantitative estimate of drug-likeness (QED) is 0.175. The van der Waals surface area contributed by atoms with Crippen LogP contribution in [-0.2, 0) is 4.43 Å². The average molecular weight is 444 g/mol. The van der Waals surface area contributed by atoms with E-state index in [0.717, 1.165) is 6.61 Å². The van der Waals surface area contributed by atoms with E-state index in [-0.39, 0.29) is 0 Å². The smallest absolute Gasteiger partial charge is 0.161 e. The second kappa shape index (κ2) is 19.7. The molecule has 0 aromatic rings. The van der Waals surface area contributed by atoms with Gasteiger partial charge in [0, 0.05) is 31.7 Å². The van der Waals surface area contributed by atoms with Crippen LogP contribution in [0.4, 0.5) is 0 Å². The topological polar surface area (TPSA) is 19.0 Å². The second-order valence-corrected chi connectivity index (χ2v) is 10.7. The minimum atomic E-state index is -0.399. The molecule has 0 amide bonds. The Balaban J connectivity index is 5.52. The van der Waals surface area contributed by atoms with Crippen molar-refractivity contribution in [2.75, 3.05) is 65.5 Å². The van der Waals surface area contributed by atoms with Gasteiger partial charge in [-0.05, 0) is 77.4 Å². The summed E-state index contributed by atoms with van der Waals surface area (Å²) in [5, 5.41) is 0. The Labute approximate surface area is 193 Å². The van der Waals surface area contributed by atoms with Gasteiger partial charge < -0.3 is 19.1 Å². The molecule has 0 bridgehead atoms. The molecular weight excluding hydrogens is 386 g/mol. The monoisotopic (exact) mass is 443 g/mol. The fourth-order valence-electron chi connectivity index (χ4n) is 4.70. The first kappa shape index (κ1) is 30.1. The first-order valence-corrected chi connectivity index (χ1v) is 14.9. The van der Waals surface area contributed by atoms with Gasteiger partial charge in [-0.15, -0.1) is 0 Å². The largest absolute Gasteiger partial charge is 0.424 e. The fourth-order valence-corrected chi connectivity index (χ4v) is 6.21. The molecule has 0 radical (unpaired) electrons. The zero-order valence-electron chi connectivity index (χ0n) is 22.0. The molecule has 0 unspecified atom stereocenters. The normalized spacial score (nSPS) is 13.0. The summed E-state index contributed by atoms with van der Waals surface area (Å²) in [4.78, 5) is 8.16. The predicted octanol–water partition coefficient (Wildman–Crippen LogP) is 4.88. The van der Waals surface area contributed by atoms with Crippen molar-refractivity contribution in [1.29, 1.82) is 0 Å². The highest BCUT2D eigenvalue weighted by Crippen LogP contribution is 2.29. The Bertz CT molecular complexity index is 330. The summed E-state index contributed by atoms with van der Waals surface area (Å²) >= 11 is 0. The third-order valence-electron chi connectivity index (χ3n) is 6.28. The van der Waals surface area contributed by atoms with Crippen molar-refractivity contribution in [2.45, 2.75) is 93.0 Å². The van der Waals surface area contributed by atoms with Crippen LogP contribution in [0.2, 0.25) is 6.04 Å². The lowest BCUT2D eigenvalue weighted by Gasteiger charge is -2.44. The standard InChI is InChI=1S/C25H57N3OSi/c1-8-15-20-29-30-21-16-25(22-26(12-5)17-9-2,23-27(13-6)18-10-3)24-28(14-7)19-11-4/h8-24,30H2,1-7H3. The van der Waals surface area contributed by atoms with Gasteiger partial charge >= 0.3 is 0 Å². The lowest BCUT2D eigenvalue weighted by atomic mass is 9.82. The third-order valence-corrected chi connectivity index (χ3v) is 7.50. The highest BCUT2D eigenvalue weighted by molar-refractivity contribution is 6.27. The van der Waals surface area contributed by atoms with Crippen LogP contribution in [-0.4, -0.2) is 90.0 Å². The van der Waals surface area contributed by atoms with Gasteiger partial charge in [0.15, 0.2) is 9.76 Å². The number of rotatable bonds is 22. The van der Waals surface area contributed by atoms with Gasteiger partial charge in [0.2, 0.25) is 0 Å². The third kappa shape index (κ3) is 13.5. The molecule has 0 N–H and O–H groups in total. The molecule has 0 heterocycles. The molecule has 0 aliphatic carbocycles. The summed E-state index contributed by atoms with van der Waals surface area (Å²) in [6, 6.07) is 1.32. The van der Waals surface area contributed by atoms with Crippen molar-refractivity contribution < 1.29 is 4.43 Å². The van der Waals surface area contributed by atoms with E-state index in [0.29, 0.717) is 5.41 Å². The van der Waals surface area contributed by atoms with Gasteiger partial charge in [-0.1, -0.05) is 54.9 Å². The van der Waals surface area contributed by atoms with Crippen LogP contribution in [0.25, 0.3) is 0 Å². The van der Waals surface area contributed by atoms with Gasteiger partial charge in [0.25, 0.3) is 0 Å². The summed E-state index contributed by atoms with van der Waals surface area (Å²) in [6.07, 6.45) is 7.53. The number of hydrogen-bond donors (Lipinski definition) is 0. The first-order valence-electron chi connectivity index (χ1n) is 13.3. The lowest BCUT2D eigenvalue weighted by molar-refractivity contribution is 0.0534. The molecule has 0 aliphatic rings. The van der Waals surface area contributed by atoms with Gasteiger partial charge in [-0.2, -0.15) is 0 Å². The second-order valence-electron chi connectivity index (χ2n) is 9.18. The maximum Gasteiger partial charge on any atom is 0.161 e. The van der Waals surface area contributed by atoms with Crippen LogP contribution in [0.1, 0.15) is 87.0 Å². The molecule has 0 aromatic carbocycles. The predicted molar refractivity (Wildman–Crippen MR) is 138 cm³/mol. The zero-order chi connectivity index (χ0) is 22.7. The van der Waals surface area contributed by atoms with E-state index >= 15 is 0 Å². The molecule has 0 aromatic heterocycles. The molecule has 0 spiro atoms. The first-order chi connectivity index (χ1) is 14.5. The van der Waals surface area contributed by atoms with Crippen LogP contribution >= 0.6 is 0 Å². The van der Waals surface area contributed by atoms with E-state index in [1.54, 1.807) is 0 Å². The number of hydrogen-bond acceptors (Lipinski definition) is 4. The van der Waals surface area contributed by atoms with Crippen molar-refractivity contribution in [1.82, 2.24) is 14.7 Å². The molecule has 30 heavy (non-hydrogen) atoms. The highest BCUT2D eigenvalue weighted by Gasteiger charge is 2.35. The number of unbranched alkanes of at least 4 members (excludes halogenated alkanes) is 1. The Kier molecular flexibility index (Phi) is 19.8. The van der Waals surface area contributed by atoms with Crippen LogP contribution < -0.4 is 0 Å². The minimum Gasteiger partial charge on any atom is -0.424 e. The maximum absolute atomic E-state index is 6.10. The molecule has 4 nitrogen and oxygen atoms in total. The van der Waals surface area contributed by atoms with Gasteiger partial charge in [-0.3, -0.25) is 0 Å². The maximum atomic E-state index is 6.10. The van der Waals surface area contributed by atoms with E-state index in [1.165, 1.54) is 103 Å². The highest BCUT2D eigenvalue weighted by atomic mass is 28.2. The van der Waals surface area contributed by atoms with Crippen molar-refractivity contribution in [2.24, 2.45) is 5.41 Å². The Morgan fingerprint density at radius 3 is 1.40 bits per heavy atom. The molecular formula is C25H57N3OSi. The Morgan fingerprint density at radius 1 is 0.633 bits per heavy atom. The van der Waals surface area contributed by atoms with Crippen LogP contribution in [0.3, 0.4) is 0 Å². The van der Waals surface area contributed by atoms with E-state index in [1.807, 2.05) is 0 Å². The minimum absolute atomic E-state index is 0.350. The van der Waals surface area contributed by atoms with Crippen molar-refractivity contribution in [3.05, 3.63) is 0 Å². The van der Waals surface area contributed by atoms with Gasteiger partial charge in [-0.25, -0.2) is 0 Å². The number of nitrogens with zero attached hydrogens (tertiary/aromatic N) is 3. The molecule has 0 aliphatic heterocycles. The van der Waals surface area contributed by atoms with Crippen molar-refractivity contribution >= 4 is 9.76 Å². The van der Waals surface area contributed by atoms with Crippen molar-refractivity contribution in [3.8, 4) is 0 Å². The van der Waals surface area contributed by atoms with E-state index < -0.39 is 9.76 Å². The van der Waals surface area contributed by atoms with Gasteiger partial charge in [0.1, 0.15) is 0 Å². The molecule has 0 fully saturated rings. The molecule has 182 valence electrons. The summed E-state index contributed by atoms with van der Waals surface area (Å²) in [5.74, 6) is 0. The summed E-state index contributed by atoms with van der Waals surface area (Å²) in [6.45, 7) is 28.1. The Morgan fingerprint density at radius 2 is 1.07 bits per heavy atom. The Hall–Kier alpha value is 0.0569. The fraction of sp³-hybridized carbons (Fsp3) is 1.00. The van der Waals surface area contributed by atoms with Gasteiger partial charge in [0.05, 0.1) is 0 Å². The molecule has 0 saturated heterocycles. The molecule has 0 rings (SSSR count). The summed E-state index contributed by atoms with van der Waals surface area (Å²) in [5.41, 5.74) is 0.350. The average Bonchev–Trinajstić information content (AvgIpc) is 2.75. The molecule has 0 atom stereocenters. The summed E-state index contributed by atoms with van der Waals surface area (Å²) in [7, 11) is -0.399. The zero-order valence-corrected chi connectivity index (χ0v) is 23.4. The lowest BCUT2D eigenvalue weighted by Crippen LogP contribution is -2.52.